The fraction of sp³-hybridized carbons (Fsp3) is 0.364. The zero-order valence-corrected chi connectivity index (χ0v) is 8.27. The molecular weight excluding hydrogens is 180 g/mol. The van der Waals surface area contributed by atoms with E-state index in [0.29, 0.717) is 11.5 Å². The zero-order chi connectivity index (χ0) is 10.7. The Hall–Kier alpha value is -1.19. The van der Waals surface area contributed by atoms with Crippen molar-refractivity contribution in [2.75, 3.05) is 0 Å². The van der Waals surface area contributed by atoms with Gasteiger partial charge in [-0.2, -0.15) is 0 Å². The van der Waals surface area contributed by atoms with Gasteiger partial charge in [-0.05, 0) is 11.5 Å². The highest BCUT2D eigenvalue weighted by atomic mass is 16.5. The summed E-state index contributed by atoms with van der Waals surface area (Å²) in [5.41, 5.74) is 1.44. The molecule has 3 heteroatoms. The molecule has 0 saturated carbocycles. The van der Waals surface area contributed by atoms with Gasteiger partial charge in [-0.3, -0.25) is 4.79 Å². The van der Waals surface area contributed by atoms with E-state index in [1.807, 2.05) is 12.1 Å². The van der Waals surface area contributed by atoms with E-state index in [1.165, 1.54) is 0 Å². The first kappa shape index (κ1) is 10.9. The van der Waals surface area contributed by atoms with Crippen LogP contribution in [0.2, 0.25) is 0 Å². The quantitative estimate of drug-likeness (QED) is 0.563. The Bertz CT molecular complexity index is 312. The molecule has 0 heterocycles. The van der Waals surface area contributed by atoms with Crippen LogP contribution in [-0.2, 0) is 0 Å². The van der Waals surface area contributed by atoms with Crippen LogP contribution in [0.4, 0.5) is 0 Å². The molecule has 0 bridgehead atoms. The largest absolute Gasteiger partial charge is 0.362 e. The highest BCUT2D eigenvalue weighted by molar-refractivity contribution is 5.98. The second-order valence-corrected chi connectivity index (χ2v) is 3.51. The molecule has 2 N–H and O–H groups in total. The normalized spacial score (nSPS) is 11.0. The molecule has 0 aromatic heterocycles. The molecule has 0 amide bonds. The number of aliphatic hydroxyl groups excluding tert-OH is 1. The zero-order valence-electron chi connectivity index (χ0n) is 8.27. The predicted octanol–water partition coefficient (Wildman–Crippen LogP) is 1.30. The van der Waals surface area contributed by atoms with Gasteiger partial charge in [-0.1, -0.05) is 38.1 Å². The third kappa shape index (κ3) is 2.40. The average Bonchev–Trinajstić information content (AvgIpc) is 2.16. The van der Waals surface area contributed by atoms with Crippen LogP contribution in [0.15, 0.2) is 24.3 Å². The minimum atomic E-state index is -1.92. The van der Waals surface area contributed by atoms with Gasteiger partial charge < -0.3 is 10.2 Å². The average molecular weight is 194 g/mol. The van der Waals surface area contributed by atoms with Crippen molar-refractivity contribution in [2.24, 2.45) is 0 Å². The van der Waals surface area contributed by atoms with Gasteiger partial charge in [-0.15, -0.1) is 0 Å². The van der Waals surface area contributed by atoms with E-state index in [0.717, 1.165) is 5.56 Å². The van der Waals surface area contributed by atoms with Crippen molar-refractivity contribution in [3.63, 3.8) is 0 Å². The molecule has 14 heavy (non-hydrogen) atoms. The second kappa shape index (κ2) is 4.35. The number of aliphatic hydroxyl groups is 2. The molecule has 0 unspecified atom stereocenters. The molecule has 0 aliphatic carbocycles. The maximum Gasteiger partial charge on any atom is 0.218 e. The highest BCUT2D eigenvalue weighted by Crippen LogP contribution is 2.15. The SMILES string of the molecule is CC(C)c1ccc(C(=O)C(O)O)cc1. The molecule has 3 nitrogen and oxygen atoms in total. The van der Waals surface area contributed by atoms with E-state index in [1.54, 1.807) is 12.1 Å². The minimum absolute atomic E-state index is 0.324. The van der Waals surface area contributed by atoms with Crippen molar-refractivity contribution in [3.05, 3.63) is 35.4 Å². The van der Waals surface area contributed by atoms with E-state index in [-0.39, 0.29) is 0 Å². The maximum atomic E-state index is 11.1. The van der Waals surface area contributed by atoms with Gasteiger partial charge >= 0.3 is 0 Å². The minimum Gasteiger partial charge on any atom is -0.362 e. The van der Waals surface area contributed by atoms with Crippen LogP contribution in [0.3, 0.4) is 0 Å². The molecular formula is C11H14O3. The molecule has 0 spiro atoms. The van der Waals surface area contributed by atoms with Crippen molar-refractivity contribution < 1.29 is 15.0 Å². The Morgan fingerprint density at radius 2 is 1.64 bits per heavy atom. The van der Waals surface area contributed by atoms with E-state index in [4.69, 9.17) is 10.2 Å². The van der Waals surface area contributed by atoms with E-state index >= 15 is 0 Å². The summed E-state index contributed by atoms with van der Waals surface area (Å²) in [7, 11) is 0. The molecule has 0 saturated heterocycles. The molecule has 1 aromatic carbocycles. The standard InChI is InChI=1S/C11H14O3/c1-7(2)8-3-5-9(6-4-8)10(12)11(13)14/h3-7,11,13-14H,1-2H3. The third-order valence-electron chi connectivity index (χ3n) is 2.10. The summed E-state index contributed by atoms with van der Waals surface area (Å²) >= 11 is 0. The van der Waals surface area contributed by atoms with Gasteiger partial charge in [0, 0.05) is 5.56 Å². The summed E-state index contributed by atoms with van der Waals surface area (Å²) in [6.45, 7) is 4.11. The van der Waals surface area contributed by atoms with E-state index in [9.17, 15) is 4.79 Å². The summed E-state index contributed by atoms with van der Waals surface area (Å²) in [6, 6.07) is 6.86. The number of rotatable bonds is 3. The Kier molecular flexibility index (Phi) is 3.38. The van der Waals surface area contributed by atoms with Crippen molar-refractivity contribution >= 4 is 5.78 Å². The highest BCUT2D eigenvalue weighted by Gasteiger charge is 2.13. The summed E-state index contributed by atoms with van der Waals surface area (Å²) < 4.78 is 0. The monoisotopic (exact) mass is 194 g/mol. The number of hydrogen-bond donors (Lipinski definition) is 2. The maximum absolute atomic E-state index is 11.1. The Balaban J connectivity index is 2.89. The summed E-state index contributed by atoms with van der Waals surface area (Å²) in [4.78, 5) is 11.1. The number of benzene rings is 1. The van der Waals surface area contributed by atoms with Gasteiger partial charge in [0.25, 0.3) is 0 Å². The first-order chi connectivity index (χ1) is 6.52. The summed E-state index contributed by atoms with van der Waals surface area (Å²) in [5, 5.41) is 17.3. The molecule has 0 aliphatic heterocycles. The lowest BCUT2D eigenvalue weighted by Crippen LogP contribution is -2.19. The van der Waals surface area contributed by atoms with Crippen LogP contribution in [0.5, 0.6) is 0 Å². The smallest absolute Gasteiger partial charge is 0.218 e. The van der Waals surface area contributed by atoms with Gasteiger partial charge in [-0.25, -0.2) is 0 Å². The van der Waals surface area contributed by atoms with Crippen molar-refractivity contribution in [1.82, 2.24) is 0 Å². The van der Waals surface area contributed by atoms with E-state index < -0.39 is 12.1 Å². The first-order valence-electron chi connectivity index (χ1n) is 4.52. The fourth-order valence-corrected chi connectivity index (χ4v) is 1.18. The van der Waals surface area contributed by atoms with Crippen LogP contribution < -0.4 is 0 Å². The Labute approximate surface area is 83.0 Å². The Morgan fingerprint density at radius 3 is 2.00 bits per heavy atom. The van der Waals surface area contributed by atoms with Crippen molar-refractivity contribution in [2.45, 2.75) is 26.1 Å². The first-order valence-corrected chi connectivity index (χ1v) is 4.52. The molecule has 0 aliphatic rings. The van der Waals surface area contributed by atoms with Gasteiger partial charge in [0.05, 0.1) is 0 Å². The van der Waals surface area contributed by atoms with Crippen LogP contribution in [0.1, 0.15) is 35.7 Å². The molecule has 1 rings (SSSR count). The lowest BCUT2D eigenvalue weighted by atomic mass is 10.0. The van der Waals surface area contributed by atoms with Gasteiger partial charge in [0.15, 0.2) is 0 Å². The predicted molar refractivity (Wildman–Crippen MR) is 53.1 cm³/mol. The van der Waals surface area contributed by atoms with Crippen LogP contribution >= 0.6 is 0 Å². The van der Waals surface area contributed by atoms with E-state index in [2.05, 4.69) is 13.8 Å². The van der Waals surface area contributed by atoms with Crippen LogP contribution in [-0.4, -0.2) is 22.3 Å². The fourth-order valence-electron chi connectivity index (χ4n) is 1.18. The number of hydrogen-bond acceptors (Lipinski definition) is 3. The number of Topliss-reactive ketones (excluding diaryl/α,β-unsaturated/α-hetero) is 1. The lowest BCUT2D eigenvalue weighted by molar-refractivity contribution is -0.0195. The number of ketones is 1. The molecule has 0 radical (unpaired) electrons. The second-order valence-electron chi connectivity index (χ2n) is 3.51. The molecule has 76 valence electrons. The van der Waals surface area contributed by atoms with Crippen LogP contribution in [0.25, 0.3) is 0 Å². The lowest BCUT2D eigenvalue weighted by Gasteiger charge is -2.06. The number of carbonyl (C=O) groups is 1. The molecule has 0 atom stereocenters. The molecule has 1 aromatic rings. The van der Waals surface area contributed by atoms with Gasteiger partial charge in [0.2, 0.25) is 12.1 Å². The summed E-state index contributed by atoms with van der Waals surface area (Å²) in [6.07, 6.45) is -1.92. The summed E-state index contributed by atoms with van der Waals surface area (Å²) in [5.74, 6) is -0.265. The Morgan fingerprint density at radius 1 is 1.14 bits per heavy atom. The third-order valence-corrected chi connectivity index (χ3v) is 2.10. The topological polar surface area (TPSA) is 57.5 Å². The van der Waals surface area contributed by atoms with Crippen molar-refractivity contribution in [1.29, 1.82) is 0 Å². The van der Waals surface area contributed by atoms with Crippen LogP contribution in [0, 0.1) is 0 Å². The molecule has 0 fully saturated rings. The van der Waals surface area contributed by atoms with Gasteiger partial charge in [0.1, 0.15) is 0 Å². The van der Waals surface area contributed by atoms with Crippen molar-refractivity contribution in [3.8, 4) is 0 Å². The number of carbonyl (C=O) groups excluding carboxylic acids is 1.